The first-order chi connectivity index (χ1) is 8.25. The summed E-state index contributed by atoms with van der Waals surface area (Å²) >= 11 is 6.06. The lowest BCUT2D eigenvalue weighted by Gasteiger charge is -2.36. The highest BCUT2D eigenvalue weighted by atomic mass is 35.5. The Balaban J connectivity index is 1.69. The van der Waals surface area contributed by atoms with E-state index in [1.807, 2.05) is 17.0 Å². The number of halogens is 1. The van der Waals surface area contributed by atoms with Gasteiger partial charge in [-0.15, -0.1) is 11.6 Å². The van der Waals surface area contributed by atoms with Crippen LogP contribution in [0.3, 0.4) is 0 Å². The fraction of sp³-hybridized carbons (Fsp3) is 0.500. The molecule has 3 rings (SSSR count). The maximum absolute atomic E-state index is 12.3. The molecule has 2 aliphatic rings. The number of rotatable bonds is 1. The Morgan fingerprint density at radius 1 is 1.24 bits per heavy atom. The first kappa shape index (κ1) is 11.1. The predicted octanol–water partition coefficient (Wildman–Crippen LogP) is 2.56. The van der Waals surface area contributed by atoms with E-state index in [9.17, 15) is 4.79 Å². The lowest BCUT2D eigenvalue weighted by molar-refractivity contribution is -0.134. The SMILES string of the molecule is O=C(C1Cc2ccccc21)N1CCC(Cl)CC1. The van der Waals surface area contributed by atoms with Crippen molar-refractivity contribution in [2.45, 2.75) is 30.6 Å². The van der Waals surface area contributed by atoms with Crippen LogP contribution in [0, 0.1) is 0 Å². The molecule has 1 aromatic rings. The van der Waals surface area contributed by atoms with E-state index in [1.54, 1.807) is 0 Å². The highest BCUT2D eigenvalue weighted by molar-refractivity contribution is 6.20. The van der Waals surface area contributed by atoms with E-state index < -0.39 is 0 Å². The minimum absolute atomic E-state index is 0.109. The Morgan fingerprint density at radius 3 is 2.65 bits per heavy atom. The van der Waals surface area contributed by atoms with Gasteiger partial charge in [-0.2, -0.15) is 0 Å². The molecule has 1 aliphatic heterocycles. The number of piperidine rings is 1. The van der Waals surface area contributed by atoms with E-state index in [4.69, 9.17) is 11.6 Å². The third-order valence-electron chi connectivity index (χ3n) is 3.89. The molecule has 0 radical (unpaired) electrons. The molecule has 1 saturated heterocycles. The molecule has 0 bridgehead atoms. The molecule has 1 fully saturated rings. The van der Waals surface area contributed by atoms with E-state index >= 15 is 0 Å². The molecule has 0 N–H and O–H groups in total. The Labute approximate surface area is 107 Å². The number of likely N-dealkylation sites (tertiary alicyclic amines) is 1. The van der Waals surface area contributed by atoms with Gasteiger partial charge < -0.3 is 4.90 Å². The minimum Gasteiger partial charge on any atom is -0.342 e. The van der Waals surface area contributed by atoms with Gasteiger partial charge in [0.25, 0.3) is 0 Å². The molecule has 17 heavy (non-hydrogen) atoms. The molecule has 1 amide bonds. The molecule has 1 atom stereocenters. The highest BCUT2D eigenvalue weighted by Crippen LogP contribution is 2.36. The second-order valence-corrected chi connectivity index (χ2v) is 5.57. The highest BCUT2D eigenvalue weighted by Gasteiger charge is 2.35. The van der Waals surface area contributed by atoms with Gasteiger partial charge >= 0.3 is 0 Å². The lowest BCUT2D eigenvalue weighted by atomic mass is 9.76. The molecule has 1 heterocycles. The molecule has 1 unspecified atom stereocenters. The van der Waals surface area contributed by atoms with Crippen molar-refractivity contribution < 1.29 is 4.79 Å². The van der Waals surface area contributed by atoms with E-state index in [-0.39, 0.29) is 11.3 Å². The van der Waals surface area contributed by atoms with Gasteiger partial charge in [0, 0.05) is 18.5 Å². The van der Waals surface area contributed by atoms with Gasteiger partial charge in [0.15, 0.2) is 0 Å². The van der Waals surface area contributed by atoms with Crippen molar-refractivity contribution in [2.24, 2.45) is 0 Å². The van der Waals surface area contributed by atoms with Gasteiger partial charge in [-0.05, 0) is 30.4 Å². The number of carbonyl (C=O) groups excluding carboxylic acids is 1. The summed E-state index contributed by atoms with van der Waals surface area (Å²) in [7, 11) is 0. The van der Waals surface area contributed by atoms with Crippen molar-refractivity contribution in [1.29, 1.82) is 0 Å². The summed E-state index contributed by atoms with van der Waals surface area (Å²) in [5.74, 6) is 0.408. The second-order valence-electron chi connectivity index (χ2n) is 4.96. The third-order valence-corrected chi connectivity index (χ3v) is 4.33. The van der Waals surface area contributed by atoms with Crippen molar-refractivity contribution in [3.63, 3.8) is 0 Å². The number of hydrogen-bond acceptors (Lipinski definition) is 1. The molecule has 0 spiro atoms. The van der Waals surface area contributed by atoms with Crippen molar-refractivity contribution in [1.82, 2.24) is 4.90 Å². The Bertz CT molecular complexity index is 438. The van der Waals surface area contributed by atoms with Crippen molar-refractivity contribution in [3.8, 4) is 0 Å². The summed E-state index contributed by atoms with van der Waals surface area (Å²) in [5.41, 5.74) is 2.56. The monoisotopic (exact) mass is 249 g/mol. The predicted molar refractivity (Wildman–Crippen MR) is 68.3 cm³/mol. The van der Waals surface area contributed by atoms with Crippen LogP contribution in [-0.2, 0) is 11.2 Å². The summed E-state index contributed by atoms with van der Waals surface area (Å²) in [6.07, 6.45) is 2.78. The Morgan fingerprint density at radius 2 is 1.94 bits per heavy atom. The first-order valence-electron chi connectivity index (χ1n) is 6.26. The topological polar surface area (TPSA) is 20.3 Å². The standard InChI is InChI=1S/C14H16ClNO/c15-11-5-7-16(8-6-11)14(17)13-9-10-3-1-2-4-12(10)13/h1-4,11,13H,5-9H2. The van der Waals surface area contributed by atoms with E-state index in [2.05, 4.69) is 12.1 Å². The maximum atomic E-state index is 12.3. The van der Waals surface area contributed by atoms with Crippen LogP contribution in [0.25, 0.3) is 0 Å². The smallest absolute Gasteiger partial charge is 0.230 e. The van der Waals surface area contributed by atoms with Crippen LogP contribution >= 0.6 is 11.6 Å². The fourth-order valence-electron chi connectivity index (χ4n) is 2.77. The van der Waals surface area contributed by atoms with Gasteiger partial charge in [0.1, 0.15) is 0 Å². The van der Waals surface area contributed by atoms with Crippen molar-refractivity contribution in [3.05, 3.63) is 35.4 Å². The zero-order valence-electron chi connectivity index (χ0n) is 9.73. The lowest BCUT2D eigenvalue weighted by Crippen LogP contribution is -2.43. The zero-order valence-corrected chi connectivity index (χ0v) is 10.5. The summed E-state index contributed by atoms with van der Waals surface area (Å²) in [6.45, 7) is 1.65. The molecule has 90 valence electrons. The van der Waals surface area contributed by atoms with Crippen molar-refractivity contribution in [2.75, 3.05) is 13.1 Å². The molecule has 0 saturated carbocycles. The maximum Gasteiger partial charge on any atom is 0.230 e. The molecule has 2 nitrogen and oxygen atoms in total. The largest absolute Gasteiger partial charge is 0.342 e. The van der Waals surface area contributed by atoms with Crippen LogP contribution in [0.1, 0.15) is 29.9 Å². The number of fused-ring (bicyclic) bond motifs is 1. The molecular formula is C14H16ClNO. The number of hydrogen-bond donors (Lipinski definition) is 0. The van der Waals surface area contributed by atoms with Crippen molar-refractivity contribution >= 4 is 17.5 Å². The second kappa shape index (κ2) is 4.34. The molecule has 1 aliphatic carbocycles. The van der Waals surface area contributed by atoms with Crippen LogP contribution in [0.5, 0.6) is 0 Å². The quantitative estimate of drug-likeness (QED) is 0.701. The Hall–Kier alpha value is -1.02. The van der Waals surface area contributed by atoms with Crippen LogP contribution < -0.4 is 0 Å². The van der Waals surface area contributed by atoms with Crippen LogP contribution in [0.4, 0.5) is 0 Å². The number of amides is 1. The summed E-state index contributed by atoms with van der Waals surface area (Å²) in [6, 6.07) is 8.25. The first-order valence-corrected chi connectivity index (χ1v) is 6.70. The fourth-order valence-corrected chi connectivity index (χ4v) is 2.96. The summed E-state index contributed by atoms with van der Waals surface area (Å²) in [4.78, 5) is 14.3. The van der Waals surface area contributed by atoms with E-state index in [0.29, 0.717) is 5.91 Å². The van der Waals surface area contributed by atoms with Gasteiger partial charge in [-0.1, -0.05) is 24.3 Å². The number of alkyl halides is 1. The molecule has 0 aromatic heterocycles. The third kappa shape index (κ3) is 1.95. The summed E-state index contributed by atoms with van der Waals surface area (Å²) < 4.78 is 0. The molecule has 3 heteroatoms. The average molecular weight is 250 g/mol. The minimum atomic E-state index is 0.109. The molecular weight excluding hydrogens is 234 g/mol. The zero-order chi connectivity index (χ0) is 11.8. The number of benzene rings is 1. The Kier molecular flexibility index (Phi) is 2.83. The van der Waals surface area contributed by atoms with Gasteiger partial charge in [0.2, 0.25) is 5.91 Å². The van der Waals surface area contributed by atoms with Crippen LogP contribution in [-0.4, -0.2) is 29.3 Å². The summed E-state index contributed by atoms with van der Waals surface area (Å²) in [5, 5.41) is 0.257. The van der Waals surface area contributed by atoms with Gasteiger partial charge in [-0.25, -0.2) is 0 Å². The number of carbonyl (C=O) groups is 1. The number of nitrogens with zero attached hydrogens (tertiary/aromatic N) is 1. The average Bonchev–Trinajstić information content (AvgIpc) is 2.31. The van der Waals surface area contributed by atoms with Crippen LogP contribution in [0.15, 0.2) is 24.3 Å². The van der Waals surface area contributed by atoms with Gasteiger partial charge in [0.05, 0.1) is 5.92 Å². The van der Waals surface area contributed by atoms with E-state index in [0.717, 1.165) is 32.4 Å². The normalized spacial score (nSPS) is 24.1. The molecule has 1 aromatic carbocycles. The van der Waals surface area contributed by atoms with Crippen LogP contribution in [0.2, 0.25) is 0 Å². The van der Waals surface area contributed by atoms with Gasteiger partial charge in [-0.3, -0.25) is 4.79 Å². The van der Waals surface area contributed by atoms with E-state index in [1.165, 1.54) is 11.1 Å².